The number of aromatic hydroxyl groups is 1. The van der Waals surface area contributed by atoms with Crippen molar-refractivity contribution in [2.24, 2.45) is 0 Å². The van der Waals surface area contributed by atoms with Gasteiger partial charge in [-0.25, -0.2) is 0 Å². The molecule has 7 nitrogen and oxygen atoms in total. The van der Waals surface area contributed by atoms with E-state index in [1.54, 1.807) is 18.2 Å². The van der Waals surface area contributed by atoms with Crippen LogP contribution in [0.1, 0.15) is 5.69 Å². The van der Waals surface area contributed by atoms with Gasteiger partial charge >= 0.3 is 5.69 Å². The third-order valence-electron chi connectivity index (χ3n) is 2.23. The average Bonchev–Trinajstić information content (AvgIpc) is 2.41. The first kappa shape index (κ1) is 12.3. The maximum Gasteiger partial charge on any atom is 0.305 e. The topological polar surface area (TPSA) is 109 Å². The van der Waals surface area contributed by atoms with Crippen LogP contribution in [-0.2, 0) is 0 Å². The van der Waals surface area contributed by atoms with Crippen molar-refractivity contribution in [1.82, 2.24) is 4.98 Å². The lowest BCUT2D eigenvalue weighted by molar-refractivity contribution is -0.385. The first-order chi connectivity index (χ1) is 9.11. The van der Waals surface area contributed by atoms with Crippen molar-refractivity contribution < 1.29 is 14.8 Å². The summed E-state index contributed by atoms with van der Waals surface area (Å²) < 4.78 is 5.25. The van der Waals surface area contributed by atoms with Gasteiger partial charge in [-0.2, -0.15) is 10.2 Å². The van der Waals surface area contributed by atoms with E-state index >= 15 is 0 Å². The largest absolute Gasteiger partial charge is 0.504 e. The number of ether oxygens (including phenoxy) is 1. The molecule has 94 valence electrons. The van der Waals surface area contributed by atoms with E-state index in [1.165, 1.54) is 18.2 Å². The van der Waals surface area contributed by atoms with Gasteiger partial charge in [0.2, 0.25) is 11.6 Å². The van der Waals surface area contributed by atoms with E-state index in [0.717, 1.165) is 6.07 Å². The van der Waals surface area contributed by atoms with Gasteiger partial charge in [0.25, 0.3) is 0 Å². The Kier molecular flexibility index (Phi) is 3.25. The van der Waals surface area contributed by atoms with Crippen LogP contribution >= 0.6 is 0 Å². The monoisotopic (exact) mass is 257 g/mol. The SMILES string of the molecule is N#Cc1nc(Oc2ccccc2O)ccc1[N+](=O)[O-]. The van der Waals surface area contributed by atoms with Gasteiger partial charge in [0.1, 0.15) is 6.07 Å². The van der Waals surface area contributed by atoms with Crippen LogP contribution in [0.2, 0.25) is 0 Å². The van der Waals surface area contributed by atoms with Crippen LogP contribution in [0.4, 0.5) is 5.69 Å². The molecule has 0 radical (unpaired) electrons. The van der Waals surface area contributed by atoms with E-state index in [4.69, 9.17) is 10.00 Å². The highest BCUT2D eigenvalue weighted by Crippen LogP contribution is 2.30. The molecule has 0 aliphatic heterocycles. The molecule has 0 spiro atoms. The number of phenolic OH excluding ortho intramolecular Hbond substituents is 1. The molecule has 0 saturated heterocycles. The highest BCUT2D eigenvalue weighted by atomic mass is 16.6. The van der Waals surface area contributed by atoms with Crippen molar-refractivity contribution >= 4 is 5.69 Å². The highest BCUT2D eigenvalue weighted by Gasteiger charge is 2.16. The number of hydrogen-bond donors (Lipinski definition) is 1. The van der Waals surface area contributed by atoms with E-state index in [-0.39, 0.29) is 23.1 Å². The zero-order chi connectivity index (χ0) is 13.8. The first-order valence-electron chi connectivity index (χ1n) is 5.13. The van der Waals surface area contributed by atoms with E-state index in [2.05, 4.69) is 4.98 Å². The summed E-state index contributed by atoms with van der Waals surface area (Å²) >= 11 is 0. The van der Waals surface area contributed by atoms with E-state index in [1.807, 2.05) is 0 Å². The van der Waals surface area contributed by atoms with Gasteiger partial charge in [-0.1, -0.05) is 12.1 Å². The molecule has 1 heterocycles. The molecule has 0 fully saturated rings. The summed E-state index contributed by atoms with van der Waals surface area (Å²) in [5, 5.41) is 28.9. The van der Waals surface area contributed by atoms with Crippen molar-refractivity contribution in [2.45, 2.75) is 0 Å². The maximum absolute atomic E-state index is 10.6. The summed E-state index contributed by atoms with van der Waals surface area (Å²) in [6.07, 6.45) is 0. The molecular formula is C12H7N3O4. The summed E-state index contributed by atoms with van der Waals surface area (Å²) in [6, 6.07) is 10.2. The van der Waals surface area contributed by atoms with Crippen LogP contribution in [0, 0.1) is 21.4 Å². The molecule has 7 heteroatoms. The second-order valence-corrected chi connectivity index (χ2v) is 3.46. The minimum absolute atomic E-state index is 0.0105. The van der Waals surface area contributed by atoms with E-state index in [0.29, 0.717) is 0 Å². The fourth-order valence-corrected chi connectivity index (χ4v) is 1.38. The Hall–Kier alpha value is -3.14. The van der Waals surface area contributed by atoms with Gasteiger partial charge in [-0.05, 0) is 12.1 Å². The molecule has 0 unspecified atom stereocenters. The Morgan fingerprint density at radius 3 is 2.68 bits per heavy atom. The summed E-state index contributed by atoms with van der Waals surface area (Å²) in [7, 11) is 0. The van der Waals surface area contributed by atoms with Gasteiger partial charge in [0.05, 0.1) is 4.92 Å². The Balaban J connectivity index is 2.36. The number of phenols is 1. The van der Waals surface area contributed by atoms with Gasteiger partial charge in [0.15, 0.2) is 11.5 Å². The molecular weight excluding hydrogens is 250 g/mol. The standard InChI is InChI=1S/C12H7N3O4/c13-7-8-9(15(17)18)5-6-12(14-8)19-11-4-2-1-3-10(11)16/h1-6,16H. The summed E-state index contributed by atoms with van der Waals surface area (Å²) in [5.41, 5.74) is -0.745. The van der Waals surface area contributed by atoms with Crippen LogP contribution in [0.5, 0.6) is 17.4 Å². The first-order valence-corrected chi connectivity index (χ1v) is 5.13. The zero-order valence-electron chi connectivity index (χ0n) is 9.48. The van der Waals surface area contributed by atoms with Crippen molar-refractivity contribution in [3.63, 3.8) is 0 Å². The normalized spacial score (nSPS) is 9.63. The lowest BCUT2D eigenvalue weighted by Crippen LogP contribution is -1.97. The van der Waals surface area contributed by atoms with E-state index < -0.39 is 10.6 Å². The quantitative estimate of drug-likeness (QED) is 0.667. The second kappa shape index (κ2) is 5.01. The number of hydrogen-bond acceptors (Lipinski definition) is 6. The van der Waals surface area contributed by atoms with Crippen molar-refractivity contribution in [3.05, 3.63) is 52.2 Å². The predicted octanol–water partition coefficient (Wildman–Crippen LogP) is 2.36. The number of nitro groups is 1. The zero-order valence-corrected chi connectivity index (χ0v) is 9.48. The predicted molar refractivity (Wildman–Crippen MR) is 63.8 cm³/mol. The van der Waals surface area contributed by atoms with Gasteiger partial charge in [-0.15, -0.1) is 0 Å². The number of para-hydroxylation sites is 2. The number of pyridine rings is 1. The van der Waals surface area contributed by atoms with Crippen LogP contribution in [0.15, 0.2) is 36.4 Å². The van der Waals surface area contributed by atoms with Crippen molar-refractivity contribution in [3.8, 4) is 23.4 Å². The molecule has 0 saturated carbocycles. The van der Waals surface area contributed by atoms with Crippen LogP contribution in [-0.4, -0.2) is 15.0 Å². The Morgan fingerprint density at radius 1 is 1.32 bits per heavy atom. The number of aromatic nitrogens is 1. The second-order valence-electron chi connectivity index (χ2n) is 3.46. The lowest BCUT2D eigenvalue weighted by Gasteiger charge is -2.06. The molecule has 0 aliphatic carbocycles. The van der Waals surface area contributed by atoms with Gasteiger partial charge < -0.3 is 9.84 Å². The molecule has 0 atom stereocenters. The number of rotatable bonds is 3. The fourth-order valence-electron chi connectivity index (χ4n) is 1.38. The van der Waals surface area contributed by atoms with Gasteiger partial charge in [0, 0.05) is 12.1 Å². The third-order valence-corrected chi connectivity index (χ3v) is 2.23. The fraction of sp³-hybridized carbons (Fsp3) is 0. The maximum atomic E-state index is 10.6. The van der Waals surface area contributed by atoms with Crippen LogP contribution in [0.25, 0.3) is 0 Å². The molecule has 2 aromatic rings. The molecule has 1 aromatic heterocycles. The van der Waals surface area contributed by atoms with Crippen LogP contribution < -0.4 is 4.74 Å². The number of benzene rings is 1. The smallest absolute Gasteiger partial charge is 0.305 e. The lowest BCUT2D eigenvalue weighted by atomic mass is 10.3. The Morgan fingerprint density at radius 2 is 2.05 bits per heavy atom. The summed E-state index contributed by atoms with van der Waals surface area (Å²) in [5.74, 6) is 0.0394. The molecule has 0 aliphatic rings. The minimum Gasteiger partial charge on any atom is -0.504 e. The third kappa shape index (κ3) is 2.58. The molecule has 0 bridgehead atoms. The number of nitriles is 1. The number of nitrogens with zero attached hydrogens (tertiary/aromatic N) is 3. The molecule has 0 amide bonds. The summed E-state index contributed by atoms with van der Waals surface area (Å²) in [6.45, 7) is 0. The highest BCUT2D eigenvalue weighted by molar-refractivity contribution is 5.47. The molecule has 19 heavy (non-hydrogen) atoms. The van der Waals surface area contributed by atoms with Crippen LogP contribution in [0.3, 0.4) is 0 Å². The molecule has 1 N–H and O–H groups in total. The Labute approximate surface area is 107 Å². The minimum atomic E-state index is -0.699. The molecule has 2 rings (SSSR count). The molecule has 1 aromatic carbocycles. The van der Waals surface area contributed by atoms with Gasteiger partial charge in [-0.3, -0.25) is 10.1 Å². The summed E-state index contributed by atoms with van der Waals surface area (Å²) in [4.78, 5) is 13.7. The Bertz CT molecular complexity index is 679. The van der Waals surface area contributed by atoms with Crippen molar-refractivity contribution in [2.75, 3.05) is 0 Å². The van der Waals surface area contributed by atoms with Crippen molar-refractivity contribution in [1.29, 1.82) is 5.26 Å². The average molecular weight is 257 g/mol. The van der Waals surface area contributed by atoms with E-state index in [9.17, 15) is 15.2 Å².